The van der Waals surface area contributed by atoms with Crippen molar-refractivity contribution >= 4 is 60.9 Å². The first-order valence-corrected chi connectivity index (χ1v) is 9.83. The summed E-state index contributed by atoms with van der Waals surface area (Å²) in [5.74, 6) is 0.881. The maximum absolute atomic E-state index is 10.2. The monoisotopic (exact) mass is 475 g/mol. The van der Waals surface area contributed by atoms with E-state index in [4.69, 9.17) is 4.98 Å². The Kier molecular flexibility index (Phi) is 4.45. The highest BCUT2D eigenvalue weighted by atomic mass is 79.9. The summed E-state index contributed by atoms with van der Waals surface area (Å²) in [6.07, 6.45) is 3.58. The lowest BCUT2D eigenvalue weighted by atomic mass is 10.2. The fourth-order valence-electron chi connectivity index (χ4n) is 2.50. The van der Waals surface area contributed by atoms with Gasteiger partial charge in [-0.2, -0.15) is 0 Å². The average molecular weight is 477 g/mol. The van der Waals surface area contributed by atoms with Gasteiger partial charge < -0.3 is 5.11 Å². The number of imidazole rings is 1. The lowest BCUT2D eigenvalue weighted by Crippen LogP contribution is -1.86. The van der Waals surface area contributed by atoms with Crippen LogP contribution < -0.4 is 0 Å². The molecule has 4 rings (SSSR count). The van der Waals surface area contributed by atoms with Gasteiger partial charge in [-0.3, -0.25) is 4.40 Å². The van der Waals surface area contributed by atoms with Crippen molar-refractivity contribution in [3.63, 3.8) is 0 Å². The van der Waals surface area contributed by atoms with Gasteiger partial charge in [0.15, 0.2) is 5.82 Å². The van der Waals surface area contributed by atoms with Crippen molar-refractivity contribution in [2.24, 2.45) is 4.99 Å². The van der Waals surface area contributed by atoms with Crippen molar-refractivity contribution < 1.29 is 5.11 Å². The molecule has 7 heteroatoms. The smallest absolute Gasteiger partial charge is 0.165 e. The third-order valence-corrected chi connectivity index (χ3v) is 5.58. The van der Waals surface area contributed by atoms with Crippen molar-refractivity contribution in [1.29, 1.82) is 0 Å². The van der Waals surface area contributed by atoms with Crippen molar-refractivity contribution in [3.05, 3.63) is 68.6 Å². The molecule has 0 saturated carbocycles. The van der Waals surface area contributed by atoms with E-state index in [0.29, 0.717) is 10.0 Å². The third kappa shape index (κ3) is 3.15. The van der Waals surface area contributed by atoms with E-state index in [-0.39, 0.29) is 5.75 Å². The molecule has 0 saturated heterocycles. The molecule has 0 unspecified atom stereocenters. The lowest BCUT2D eigenvalue weighted by Gasteiger charge is -2.03. The Morgan fingerprint density at radius 2 is 2.04 bits per heavy atom. The van der Waals surface area contributed by atoms with Gasteiger partial charge in [0.05, 0.1) is 9.35 Å². The third-order valence-electron chi connectivity index (χ3n) is 3.64. The molecule has 0 fully saturated rings. The second-order valence-corrected chi connectivity index (χ2v) is 7.99. The van der Waals surface area contributed by atoms with Crippen molar-refractivity contribution in [1.82, 2.24) is 9.38 Å². The summed E-state index contributed by atoms with van der Waals surface area (Å²) < 4.78 is 3.41. The van der Waals surface area contributed by atoms with Gasteiger partial charge in [-0.25, -0.2) is 9.98 Å². The van der Waals surface area contributed by atoms with Crippen LogP contribution in [0.1, 0.15) is 5.56 Å². The minimum Gasteiger partial charge on any atom is -0.506 e. The lowest BCUT2D eigenvalue weighted by molar-refractivity contribution is 0.471. The van der Waals surface area contributed by atoms with E-state index in [9.17, 15) is 5.11 Å². The molecule has 4 aromatic rings. The predicted molar refractivity (Wildman–Crippen MR) is 109 cm³/mol. The molecule has 0 spiro atoms. The second-order valence-electron chi connectivity index (χ2n) is 5.27. The summed E-state index contributed by atoms with van der Waals surface area (Å²) >= 11 is 8.40. The quantitative estimate of drug-likeness (QED) is 0.366. The Morgan fingerprint density at radius 3 is 2.84 bits per heavy atom. The molecule has 1 aromatic carbocycles. The van der Waals surface area contributed by atoms with Crippen LogP contribution in [0.15, 0.2) is 68.0 Å². The number of fused-ring (bicyclic) bond motifs is 1. The van der Waals surface area contributed by atoms with E-state index in [1.165, 1.54) is 0 Å². The van der Waals surface area contributed by atoms with Crippen LogP contribution in [0.25, 0.3) is 16.2 Å². The van der Waals surface area contributed by atoms with Crippen molar-refractivity contribution in [2.75, 3.05) is 0 Å². The Hall–Kier alpha value is -1.96. The van der Waals surface area contributed by atoms with E-state index >= 15 is 0 Å². The molecule has 0 bridgehead atoms. The average Bonchev–Trinajstić information content (AvgIpc) is 3.24. The maximum atomic E-state index is 10.2. The minimum absolute atomic E-state index is 0.151. The number of aromatic hydroxyl groups is 1. The van der Waals surface area contributed by atoms with Gasteiger partial charge in [0.2, 0.25) is 0 Å². The normalized spacial score (nSPS) is 11.6. The van der Waals surface area contributed by atoms with E-state index in [1.54, 1.807) is 23.6 Å². The molecule has 1 N–H and O–H groups in total. The highest BCUT2D eigenvalue weighted by Crippen LogP contribution is 2.35. The Morgan fingerprint density at radius 1 is 1.16 bits per heavy atom. The number of benzene rings is 1. The fraction of sp³-hybridized carbons (Fsp3) is 0. The summed E-state index contributed by atoms with van der Waals surface area (Å²) in [5, 5.41) is 12.3. The molecule has 4 nitrogen and oxygen atoms in total. The van der Waals surface area contributed by atoms with Gasteiger partial charge in [0, 0.05) is 22.4 Å². The van der Waals surface area contributed by atoms with Crippen LogP contribution in [0.4, 0.5) is 5.82 Å². The number of aliphatic imine (C=N–C) groups is 1. The number of halogens is 2. The van der Waals surface area contributed by atoms with Crippen LogP contribution in [-0.2, 0) is 0 Å². The van der Waals surface area contributed by atoms with Gasteiger partial charge in [0.25, 0.3) is 0 Å². The summed E-state index contributed by atoms with van der Waals surface area (Å²) in [4.78, 5) is 10.4. The minimum atomic E-state index is 0.151. The van der Waals surface area contributed by atoms with Crippen LogP contribution in [0.3, 0.4) is 0 Å². The largest absolute Gasteiger partial charge is 0.506 e. The number of pyridine rings is 1. The molecule has 124 valence electrons. The number of thiophene rings is 1. The standard InChI is InChI=1S/C18H11Br2N3OS/c19-12-8-11(17(24)13(20)9-12)10-21-18-16(14-4-3-7-25-14)22-15-5-1-2-6-23(15)18/h1-10,24H. The molecule has 0 radical (unpaired) electrons. The van der Waals surface area contributed by atoms with E-state index < -0.39 is 0 Å². The molecular weight excluding hydrogens is 466 g/mol. The van der Waals surface area contributed by atoms with Gasteiger partial charge in [-0.05, 0) is 51.6 Å². The van der Waals surface area contributed by atoms with Crippen LogP contribution in [0.5, 0.6) is 5.75 Å². The van der Waals surface area contributed by atoms with Crippen molar-refractivity contribution in [2.45, 2.75) is 0 Å². The zero-order valence-corrected chi connectivity index (χ0v) is 16.7. The number of hydrogen-bond donors (Lipinski definition) is 1. The summed E-state index contributed by atoms with van der Waals surface area (Å²) in [6, 6.07) is 13.5. The predicted octanol–water partition coefficient (Wildman–Crippen LogP) is 6.04. The molecule has 0 aliphatic rings. The van der Waals surface area contributed by atoms with Crippen LogP contribution in [0, 0.1) is 0 Å². The van der Waals surface area contributed by atoms with Crippen LogP contribution in [-0.4, -0.2) is 20.7 Å². The zero-order valence-electron chi connectivity index (χ0n) is 12.7. The molecular formula is C18H11Br2N3OS. The summed E-state index contributed by atoms with van der Waals surface area (Å²) in [7, 11) is 0. The summed E-state index contributed by atoms with van der Waals surface area (Å²) in [5.41, 5.74) is 2.27. The molecule has 0 aliphatic carbocycles. The number of aromatic nitrogens is 2. The Labute approximate surface area is 164 Å². The van der Waals surface area contributed by atoms with Crippen LogP contribution in [0.2, 0.25) is 0 Å². The molecule has 0 atom stereocenters. The summed E-state index contributed by atoms with van der Waals surface area (Å²) in [6.45, 7) is 0. The number of nitrogens with zero attached hydrogens (tertiary/aromatic N) is 3. The first-order chi connectivity index (χ1) is 12.1. The zero-order chi connectivity index (χ0) is 17.4. The van der Waals surface area contributed by atoms with E-state index in [0.717, 1.165) is 26.5 Å². The number of phenols is 1. The number of hydrogen-bond acceptors (Lipinski definition) is 4. The first kappa shape index (κ1) is 16.5. The Bertz CT molecular complexity index is 1090. The number of rotatable bonds is 3. The van der Waals surface area contributed by atoms with Gasteiger partial charge in [-0.1, -0.05) is 28.1 Å². The highest BCUT2D eigenvalue weighted by molar-refractivity contribution is 9.11. The fourth-order valence-corrected chi connectivity index (χ4v) is 4.47. The van der Waals surface area contributed by atoms with E-state index in [2.05, 4.69) is 36.9 Å². The molecule has 0 aliphatic heterocycles. The molecule has 25 heavy (non-hydrogen) atoms. The second kappa shape index (κ2) is 6.74. The van der Waals surface area contributed by atoms with Gasteiger partial charge in [0.1, 0.15) is 17.1 Å². The molecule has 3 aromatic heterocycles. The van der Waals surface area contributed by atoms with Crippen molar-refractivity contribution in [3.8, 4) is 16.3 Å². The highest BCUT2D eigenvalue weighted by Gasteiger charge is 2.14. The van der Waals surface area contributed by atoms with Crippen LogP contribution >= 0.6 is 43.2 Å². The SMILES string of the molecule is Oc1c(Br)cc(Br)cc1C=Nc1c(-c2cccs2)nc2ccccn12. The number of phenolic OH excluding ortho intramolecular Hbond substituents is 1. The Balaban J connectivity index is 1.88. The van der Waals surface area contributed by atoms with E-state index in [1.807, 2.05) is 52.4 Å². The topological polar surface area (TPSA) is 49.9 Å². The van der Waals surface area contributed by atoms with Gasteiger partial charge in [-0.15, -0.1) is 11.3 Å². The first-order valence-electron chi connectivity index (χ1n) is 7.36. The van der Waals surface area contributed by atoms with Gasteiger partial charge >= 0.3 is 0 Å². The molecule has 0 amide bonds. The maximum Gasteiger partial charge on any atom is 0.165 e. The molecule has 3 heterocycles.